The molecule has 1 fully saturated rings. The zero-order valence-electron chi connectivity index (χ0n) is 17.0. The Morgan fingerprint density at radius 1 is 1.14 bits per heavy atom. The molecule has 2 rings (SSSR count). The third-order valence-corrected chi connectivity index (χ3v) is 7.11. The Kier molecular flexibility index (Phi) is 7.60. The summed E-state index contributed by atoms with van der Waals surface area (Å²) in [5.41, 5.74) is 0.205. The number of carbonyl (C=O) groups is 2. The smallest absolute Gasteiger partial charge is 0.338 e. The molecule has 0 spiro atoms. The van der Waals surface area contributed by atoms with E-state index in [4.69, 9.17) is 4.74 Å². The summed E-state index contributed by atoms with van der Waals surface area (Å²) < 4.78 is 31.9. The van der Waals surface area contributed by atoms with Crippen LogP contribution >= 0.6 is 0 Å². The van der Waals surface area contributed by atoms with Crippen LogP contribution in [0.15, 0.2) is 29.2 Å². The van der Waals surface area contributed by atoms with Gasteiger partial charge in [0.15, 0.2) is 6.61 Å². The first kappa shape index (κ1) is 22.4. The van der Waals surface area contributed by atoms with Crippen LogP contribution in [0.3, 0.4) is 0 Å². The highest BCUT2D eigenvalue weighted by molar-refractivity contribution is 7.89. The zero-order valence-corrected chi connectivity index (χ0v) is 17.8. The maximum absolute atomic E-state index is 12.7. The van der Waals surface area contributed by atoms with Crippen LogP contribution in [0, 0.1) is 11.8 Å². The number of carbonyl (C=O) groups excluding carboxylic acids is 2. The SMILES string of the molecule is CC1CCN(S(=O)(=O)c2ccc(C(=O)OCC(=O)N[C@@H](C)C(C)C)cc2)CC1. The number of sulfonamides is 1. The van der Waals surface area contributed by atoms with Gasteiger partial charge < -0.3 is 10.1 Å². The lowest BCUT2D eigenvalue weighted by atomic mass is 10.0. The van der Waals surface area contributed by atoms with E-state index in [1.54, 1.807) is 0 Å². The van der Waals surface area contributed by atoms with Crippen LogP contribution in [0.4, 0.5) is 0 Å². The fourth-order valence-corrected chi connectivity index (χ4v) is 4.28. The molecule has 1 aliphatic rings. The van der Waals surface area contributed by atoms with Crippen LogP contribution in [0.1, 0.15) is 50.9 Å². The molecule has 1 atom stereocenters. The Hall–Kier alpha value is -1.93. The number of esters is 1. The van der Waals surface area contributed by atoms with E-state index < -0.39 is 16.0 Å². The highest BCUT2D eigenvalue weighted by atomic mass is 32.2. The Morgan fingerprint density at radius 3 is 2.25 bits per heavy atom. The van der Waals surface area contributed by atoms with Gasteiger partial charge in [-0.3, -0.25) is 4.79 Å². The maximum Gasteiger partial charge on any atom is 0.338 e. The summed E-state index contributed by atoms with van der Waals surface area (Å²) in [6, 6.07) is 5.62. The first-order chi connectivity index (χ1) is 13.1. The van der Waals surface area contributed by atoms with Crippen LogP contribution in [-0.2, 0) is 19.6 Å². The lowest BCUT2D eigenvalue weighted by Gasteiger charge is -2.29. The van der Waals surface area contributed by atoms with Crippen molar-refractivity contribution in [3.8, 4) is 0 Å². The van der Waals surface area contributed by atoms with Gasteiger partial charge in [0.25, 0.3) is 5.91 Å². The second kappa shape index (κ2) is 9.52. The molecule has 28 heavy (non-hydrogen) atoms. The van der Waals surface area contributed by atoms with E-state index in [1.807, 2.05) is 20.8 Å². The molecule has 156 valence electrons. The summed E-state index contributed by atoms with van der Waals surface area (Å²) in [5.74, 6) is -0.224. The van der Waals surface area contributed by atoms with E-state index >= 15 is 0 Å². The zero-order chi connectivity index (χ0) is 20.9. The fraction of sp³-hybridized carbons (Fsp3) is 0.600. The van der Waals surface area contributed by atoms with E-state index in [0.717, 1.165) is 12.8 Å². The van der Waals surface area contributed by atoms with Gasteiger partial charge in [-0.2, -0.15) is 4.31 Å². The van der Waals surface area contributed by atoms with E-state index in [2.05, 4.69) is 12.2 Å². The van der Waals surface area contributed by atoms with Gasteiger partial charge in [0, 0.05) is 19.1 Å². The molecule has 1 aromatic rings. The van der Waals surface area contributed by atoms with Crippen molar-refractivity contribution in [2.75, 3.05) is 19.7 Å². The van der Waals surface area contributed by atoms with Crippen molar-refractivity contribution < 1.29 is 22.7 Å². The lowest BCUT2D eigenvalue weighted by molar-refractivity contribution is -0.125. The summed E-state index contributed by atoms with van der Waals surface area (Å²) in [6.45, 7) is 8.62. The molecule has 0 unspecified atom stereocenters. The van der Waals surface area contributed by atoms with Crippen LogP contribution in [0.5, 0.6) is 0 Å². The standard InChI is InChI=1S/C20H30N2O5S/c1-14(2)16(4)21-19(23)13-27-20(24)17-5-7-18(8-6-17)28(25,26)22-11-9-15(3)10-12-22/h5-8,14-16H,9-13H2,1-4H3,(H,21,23)/t16-/m0/s1. The minimum atomic E-state index is -3.56. The summed E-state index contributed by atoms with van der Waals surface area (Å²) in [5, 5.41) is 2.75. The van der Waals surface area contributed by atoms with E-state index in [9.17, 15) is 18.0 Å². The van der Waals surface area contributed by atoms with Gasteiger partial charge in [-0.05, 0) is 55.9 Å². The minimum absolute atomic E-state index is 0.0199. The molecule has 0 aromatic heterocycles. The molecule has 0 saturated carbocycles. The van der Waals surface area contributed by atoms with E-state index in [1.165, 1.54) is 28.6 Å². The molecular formula is C20H30N2O5S. The van der Waals surface area contributed by atoms with Crippen molar-refractivity contribution in [2.45, 2.75) is 51.5 Å². The molecule has 1 saturated heterocycles. The number of hydrogen-bond donors (Lipinski definition) is 1. The summed E-state index contributed by atoms with van der Waals surface area (Å²) in [7, 11) is -3.56. The number of rotatable bonds is 7. The number of benzene rings is 1. The van der Waals surface area contributed by atoms with Crippen molar-refractivity contribution in [1.29, 1.82) is 0 Å². The number of amides is 1. The molecule has 1 aliphatic heterocycles. The van der Waals surface area contributed by atoms with Gasteiger partial charge in [0.05, 0.1) is 10.5 Å². The van der Waals surface area contributed by atoms with Gasteiger partial charge >= 0.3 is 5.97 Å². The van der Waals surface area contributed by atoms with Crippen molar-refractivity contribution >= 4 is 21.9 Å². The number of nitrogens with one attached hydrogen (secondary N) is 1. The average Bonchev–Trinajstić information content (AvgIpc) is 2.66. The number of hydrogen-bond acceptors (Lipinski definition) is 5. The van der Waals surface area contributed by atoms with Crippen LogP contribution < -0.4 is 5.32 Å². The minimum Gasteiger partial charge on any atom is -0.452 e. The monoisotopic (exact) mass is 410 g/mol. The third kappa shape index (κ3) is 5.78. The lowest BCUT2D eigenvalue weighted by Crippen LogP contribution is -2.38. The van der Waals surface area contributed by atoms with E-state index in [0.29, 0.717) is 19.0 Å². The number of piperidine rings is 1. The Balaban J connectivity index is 1.94. The molecule has 7 nitrogen and oxygen atoms in total. The van der Waals surface area contributed by atoms with Crippen molar-refractivity contribution in [3.05, 3.63) is 29.8 Å². The van der Waals surface area contributed by atoms with Gasteiger partial charge in [0.2, 0.25) is 10.0 Å². The number of ether oxygens (including phenoxy) is 1. The first-order valence-electron chi connectivity index (χ1n) is 9.68. The predicted molar refractivity (Wildman–Crippen MR) is 106 cm³/mol. The molecular weight excluding hydrogens is 380 g/mol. The van der Waals surface area contributed by atoms with Crippen molar-refractivity contribution in [1.82, 2.24) is 9.62 Å². The predicted octanol–water partition coefficient (Wildman–Crippen LogP) is 2.42. The van der Waals surface area contributed by atoms with Gasteiger partial charge in [0.1, 0.15) is 0 Å². The molecule has 8 heteroatoms. The summed E-state index contributed by atoms with van der Waals surface area (Å²) in [4.78, 5) is 24.1. The van der Waals surface area contributed by atoms with Gasteiger partial charge in [-0.1, -0.05) is 20.8 Å². The first-order valence-corrected chi connectivity index (χ1v) is 11.1. The average molecular weight is 411 g/mol. The van der Waals surface area contributed by atoms with E-state index in [-0.39, 0.29) is 34.9 Å². The van der Waals surface area contributed by atoms with Crippen molar-refractivity contribution in [3.63, 3.8) is 0 Å². The molecule has 1 heterocycles. The fourth-order valence-electron chi connectivity index (χ4n) is 2.81. The largest absolute Gasteiger partial charge is 0.452 e. The maximum atomic E-state index is 12.7. The Morgan fingerprint density at radius 2 is 1.71 bits per heavy atom. The highest BCUT2D eigenvalue weighted by Crippen LogP contribution is 2.23. The Bertz CT molecular complexity index is 781. The van der Waals surface area contributed by atoms with Crippen molar-refractivity contribution in [2.24, 2.45) is 11.8 Å². The van der Waals surface area contributed by atoms with Crippen LogP contribution in [0.25, 0.3) is 0 Å². The molecule has 1 aromatic carbocycles. The molecule has 0 aliphatic carbocycles. The topological polar surface area (TPSA) is 92.8 Å². The quantitative estimate of drug-likeness (QED) is 0.697. The van der Waals surface area contributed by atoms with Gasteiger partial charge in [-0.25, -0.2) is 13.2 Å². The van der Waals surface area contributed by atoms with Gasteiger partial charge in [-0.15, -0.1) is 0 Å². The third-order valence-electron chi connectivity index (χ3n) is 5.19. The number of nitrogens with zero attached hydrogens (tertiary/aromatic N) is 1. The second-order valence-corrected chi connectivity index (χ2v) is 9.73. The molecule has 1 N–H and O–H groups in total. The highest BCUT2D eigenvalue weighted by Gasteiger charge is 2.28. The Labute approximate surface area is 167 Å². The normalized spacial score (nSPS) is 17.3. The molecule has 0 radical (unpaired) electrons. The second-order valence-electron chi connectivity index (χ2n) is 7.79. The molecule has 0 bridgehead atoms. The molecule has 1 amide bonds. The van der Waals surface area contributed by atoms with Crippen LogP contribution in [0.2, 0.25) is 0 Å². The van der Waals surface area contributed by atoms with Crippen LogP contribution in [-0.4, -0.2) is 50.3 Å². The summed E-state index contributed by atoms with van der Waals surface area (Å²) >= 11 is 0. The summed E-state index contributed by atoms with van der Waals surface area (Å²) in [6.07, 6.45) is 1.70.